The zero-order valence-electron chi connectivity index (χ0n) is 14.8. The molecule has 28 heavy (non-hydrogen) atoms. The lowest BCUT2D eigenvalue weighted by molar-refractivity contribution is 0.251. The average Bonchev–Trinajstić information content (AvgIpc) is 3.07. The molecule has 0 aliphatic carbocycles. The molecule has 0 unspecified atom stereocenters. The molecule has 0 bridgehead atoms. The summed E-state index contributed by atoms with van der Waals surface area (Å²) < 4.78 is 2.91. The van der Waals surface area contributed by atoms with Crippen molar-refractivity contribution in [3.63, 3.8) is 0 Å². The van der Waals surface area contributed by atoms with Crippen LogP contribution in [0.5, 0.6) is 0 Å². The number of imidazole rings is 1. The fourth-order valence-corrected chi connectivity index (χ4v) is 3.31. The van der Waals surface area contributed by atoms with E-state index in [1.165, 1.54) is 0 Å². The van der Waals surface area contributed by atoms with Crippen molar-refractivity contribution in [1.29, 1.82) is 0 Å². The third-order valence-corrected chi connectivity index (χ3v) is 4.64. The predicted octanol–water partition coefficient (Wildman–Crippen LogP) is 4.08. The summed E-state index contributed by atoms with van der Waals surface area (Å²) in [5.41, 5.74) is 3.27. The summed E-state index contributed by atoms with van der Waals surface area (Å²) in [5, 5.41) is 5.70. The molecule has 2 amide bonds. The molecule has 0 saturated carbocycles. The van der Waals surface area contributed by atoms with Gasteiger partial charge < -0.3 is 15.2 Å². The molecule has 4 rings (SSSR count). The Labute approximate surface area is 170 Å². The molecule has 0 radical (unpaired) electrons. The van der Waals surface area contributed by atoms with Crippen LogP contribution in [0.15, 0.2) is 71.6 Å². The van der Waals surface area contributed by atoms with Crippen molar-refractivity contribution in [2.45, 2.75) is 6.54 Å². The molecule has 0 atom stereocenters. The number of urea groups is 1. The molecule has 3 heterocycles. The predicted molar refractivity (Wildman–Crippen MR) is 112 cm³/mol. The quantitative estimate of drug-likeness (QED) is 0.493. The number of anilines is 1. The first-order valence-electron chi connectivity index (χ1n) is 8.73. The first-order valence-corrected chi connectivity index (χ1v) is 9.52. The van der Waals surface area contributed by atoms with Crippen molar-refractivity contribution in [3.8, 4) is 11.4 Å². The molecule has 0 fully saturated rings. The average molecular weight is 437 g/mol. The Bertz CT molecular complexity index is 1110. The number of carbonyl (C=O) groups is 1. The monoisotopic (exact) mass is 436 g/mol. The number of pyridine rings is 2. The van der Waals surface area contributed by atoms with E-state index in [9.17, 15) is 4.79 Å². The van der Waals surface area contributed by atoms with Crippen LogP contribution in [0.1, 0.15) is 0 Å². The molecule has 0 spiro atoms. The van der Waals surface area contributed by atoms with Gasteiger partial charge in [-0.3, -0.25) is 4.98 Å². The number of fused-ring (bicyclic) bond motifs is 1. The third kappa shape index (κ3) is 4.01. The number of halogens is 1. The maximum Gasteiger partial charge on any atom is 0.319 e. The van der Waals surface area contributed by atoms with Gasteiger partial charge in [0.1, 0.15) is 11.3 Å². The van der Waals surface area contributed by atoms with Crippen molar-refractivity contribution in [2.75, 3.05) is 11.9 Å². The van der Waals surface area contributed by atoms with Gasteiger partial charge in [0.25, 0.3) is 0 Å². The van der Waals surface area contributed by atoms with E-state index in [1.807, 2.05) is 53.1 Å². The highest BCUT2D eigenvalue weighted by molar-refractivity contribution is 9.10. The van der Waals surface area contributed by atoms with Crippen LogP contribution in [0.2, 0.25) is 0 Å². The van der Waals surface area contributed by atoms with Crippen molar-refractivity contribution >= 4 is 38.8 Å². The summed E-state index contributed by atoms with van der Waals surface area (Å²) in [6, 6.07) is 14.8. The molecule has 0 aliphatic heterocycles. The first kappa shape index (κ1) is 18.1. The van der Waals surface area contributed by atoms with E-state index in [-0.39, 0.29) is 6.03 Å². The molecular weight excluding hydrogens is 420 g/mol. The van der Waals surface area contributed by atoms with Crippen molar-refractivity contribution in [2.24, 2.45) is 0 Å². The highest BCUT2D eigenvalue weighted by Crippen LogP contribution is 2.22. The van der Waals surface area contributed by atoms with Gasteiger partial charge in [-0.05, 0) is 42.5 Å². The van der Waals surface area contributed by atoms with E-state index in [1.54, 1.807) is 18.6 Å². The third-order valence-electron chi connectivity index (χ3n) is 4.15. The second-order valence-corrected chi connectivity index (χ2v) is 6.98. The van der Waals surface area contributed by atoms with Crippen LogP contribution >= 0.6 is 15.9 Å². The summed E-state index contributed by atoms with van der Waals surface area (Å²) in [5.74, 6) is 0.797. The Kier molecular flexibility index (Phi) is 5.29. The molecule has 0 aliphatic rings. The minimum atomic E-state index is -0.263. The summed E-state index contributed by atoms with van der Waals surface area (Å²) >= 11 is 3.39. The van der Waals surface area contributed by atoms with E-state index in [0.717, 1.165) is 32.7 Å². The minimum absolute atomic E-state index is 0.263. The maximum absolute atomic E-state index is 12.2. The second kappa shape index (κ2) is 8.18. The van der Waals surface area contributed by atoms with Crippen LogP contribution in [-0.4, -0.2) is 32.1 Å². The summed E-state index contributed by atoms with van der Waals surface area (Å²) in [7, 11) is 0. The van der Waals surface area contributed by atoms with Gasteiger partial charge in [0.05, 0.1) is 0 Å². The fourth-order valence-electron chi connectivity index (χ4n) is 2.91. The van der Waals surface area contributed by atoms with Crippen LogP contribution in [0, 0.1) is 0 Å². The Balaban J connectivity index is 1.49. The first-order chi connectivity index (χ1) is 13.7. The number of nitrogens with zero attached hydrogens (tertiary/aromatic N) is 4. The van der Waals surface area contributed by atoms with Gasteiger partial charge in [0.2, 0.25) is 0 Å². The van der Waals surface area contributed by atoms with Crippen LogP contribution in [0.25, 0.3) is 22.6 Å². The van der Waals surface area contributed by atoms with Crippen molar-refractivity contribution in [1.82, 2.24) is 24.8 Å². The highest BCUT2D eigenvalue weighted by Gasteiger charge is 2.13. The number of benzene rings is 1. The van der Waals surface area contributed by atoms with E-state index in [2.05, 4.69) is 36.5 Å². The molecule has 8 heteroatoms. The van der Waals surface area contributed by atoms with E-state index in [0.29, 0.717) is 13.1 Å². The fraction of sp³-hybridized carbons (Fsp3) is 0.100. The number of aromatic nitrogens is 4. The molecule has 7 nitrogen and oxygen atoms in total. The number of nitrogens with one attached hydrogen (secondary N) is 2. The lowest BCUT2D eigenvalue weighted by Crippen LogP contribution is -2.31. The highest BCUT2D eigenvalue weighted by atomic mass is 79.9. The standard InChI is InChI=1S/C20H17BrN6O/c21-15-3-1-4-16(13-15)25-20(28)24-11-12-27-18(14-6-9-22-10-7-14)26-17-5-2-8-23-19(17)27/h1-10,13H,11-12H2,(H2,24,25,28). The molecule has 1 aromatic carbocycles. The Morgan fingerprint density at radius 3 is 2.75 bits per heavy atom. The van der Waals surface area contributed by atoms with Crippen LogP contribution in [0.4, 0.5) is 10.5 Å². The smallest absolute Gasteiger partial charge is 0.319 e. The van der Waals surface area contributed by atoms with Gasteiger partial charge in [-0.15, -0.1) is 0 Å². The van der Waals surface area contributed by atoms with E-state index in [4.69, 9.17) is 4.98 Å². The molecule has 4 aromatic rings. The van der Waals surface area contributed by atoms with E-state index < -0.39 is 0 Å². The number of hydrogen-bond donors (Lipinski definition) is 2. The molecule has 0 saturated heterocycles. The largest absolute Gasteiger partial charge is 0.336 e. The zero-order valence-corrected chi connectivity index (χ0v) is 16.4. The molecular formula is C20H17BrN6O. The van der Waals surface area contributed by atoms with Gasteiger partial charge in [-0.25, -0.2) is 14.8 Å². The van der Waals surface area contributed by atoms with Crippen molar-refractivity contribution < 1.29 is 4.79 Å². The number of hydrogen-bond acceptors (Lipinski definition) is 4. The number of rotatable bonds is 5. The van der Waals surface area contributed by atoms with Crippen LogP contribution in [0.3, 0.4) is 0 Å². The van der Waals surface area contributed by atoms with E-state index >= 15 is 0 Å². The molecule has 3 aromatic heterocycles. The Morgan fingerprint density at radius 2 is 1.93 bits per heavy atom. The van der Waals surface area contributed by atoms with Gasteiger partial charge in [0, 0.05) is 47.4 Å². The lowest BCUT2D eigenvalue weighted by Gasteiger charge is -2.11. The summed E-state index contributed by atoms with van der Waals surface area (Å²) in [6.45, 7) is 0.969. The lowest BCUT2D eigenvalue weighted by atomic mass is 10.2. The SMILES string of the molecule is O=C(NCCn1c(-c2ccncc2)nc2cccnc21)Nc1cccc(Br)c1. The Morgan fingerprint density at radius 1 is 1.07 bits per heavy atom. The van der Waals surface area contributed by atoms with Crippen LogP contribution in [-0.2, 0) is 6.54 Å². The van der Waals surface area contributed by atoms with Gasteiger partial charge in [0.15, 0.2) is 5.65 Å². The van der Waals surface area contributed by atoms with Crippen molar-refractivity contribution in [3.05, 3.63) is 71.6 Å². The molecule has 2 N–H and O–H groups in total. The second-order valence-electron chi connectivity index (χ2n) is 6.06. The summed E-state index contributed by atoms with van der Waals surface area (Å²) in [6.07, 6.45) is 5.20. The normalized spacial score (nSPS) is 10.8. The van der Waals surface area contributed by atoms with Gasteiger partial charge in [-0.2, -0.15) is 0 Å². The number of carbonyl (C=O) groups excluding carboxylic acids is 1. The summed E-state index contributed by atoms with van der Waals surface area (Å²) in [4.78, 5) is 25.4. The van der Waals surface area contributed by atoms with Crippen LogP contribution < -0.4 is 10.6 Å². The number of amides is 2. The molecule has 140 valence electrons. The van der Waals surface area contributed by atoms with Gasteiger partial charge in [-0.1, -0.05) is 22.0 Å². The van der Waals surface area contributed by atoms with Gasteiger partial charge >= 0.3 is 6.03 Å². The Hall–Kier alpha value is -3.26. The zero-order chi connectivity index (χ0) is 19.3. The topological polar surface area (TPSA) is 84.7 Å². The minimum Gasteiger partial charge on any atom is -0.336 e. The maximum atomic E-state index is 12.2.